The number of hydrogen-bond acceptors (Lipinski definition) is 5. The third kappa shape index (κ3) is 4.28. The maximum atomic E-state index is 11.5. The standard InChI is InChI=1S/C12H16N2O4S/c1-18-12(9-15,5-8-19-2)4-7-14-6-3-10(16)13-11(14)17/h3,6,15H,4,7,9H2,1-2H3,(H,13,16,17). The van der Waals surface area contributed by atoms with Crippen LogP contribution in [0.3, 0.4) is 0 Å². The second kappa shape index (κ2) is 7.19. The van der Waals surface area contributed by atoms with Gasteiger partial charge >= 0.3 is 5.69 Å². The van der Waals surface area contributed by atoms with Gasteiger partial charge in [-0.05, 0) is 11.5 Å². The van der Waals surface area contributed by atoms with Crippen LogP contribution in [-0.4, -0.2) is 40.2 Å². The number of nitrogens with zero attached hydrogens (tertiary/aromatic N) is 1. The number of aryl methyl sites for hydroxylation is 1. The molecule has 0 aliphatic carbocycles. The number of methoxy groups -OCH3 is 1. The molecule has 1 unspecified atom stereocenters. The molecule has 1 rings (SSSR count). The molecule has 2 N–H and O–H groups in total. The fraction of sp³-hybridized carbons (Fsp3) is 0.500. The zero-order valence-corrected chi connectivity index (χ0v) is 11.6. The van der Waals surface area contributed by atoms with Crippen molar-refractivity contribution >= 4 is 11.8 Å². The summed E-state index contributed by atoms with van der Waals surface area (Å²) in [6.07, 6.45) is 3.55. The Kier molecular flexibility index (Phi) is 5.89. The summed E-state index contributed by atoms with van der Waals surface area (Å²) in [5.74, 6) is 2.84. The number of aliphatic hydroxyl groups is 1. The van der Waals surface area contributed by atoms with Crippen LogP contribution in [0.2, 0.25) is 0 Å². The lowest BCUT2D eigenvalue weighted by Crippen LogP contribution is -2.37. The number of aromatic nitrogens is 2. The van der Waals surface area contributed by atoms with Gasteiger partial charge in [-0.3, -0.25) is 9.78 Å². The minimum absolute atomic E-state index is 0.269. The van der Waals surface area contributed by atoms with Gasteiger partial charge in [-0.25, -0.2) is 4.79 Å². The van der Waals surface area contributed by atoms with Crippen LogP contribution in [0.4, 0.5) is 0 Å². The molecule has 1 aromatic rings. The Morgan fingerprint density at radius 3 is 2.84 bits per heavy atom. The first-order chi connectivity index (χ1) is 9.06. The van der Waals surface area contributed by atoms with Gasteiger partial charge in [-0.2, -0.15) is 0 Å². The van der Waals surface area contributed by atoms with Crippen molar-refractivity contribution in [2.24, 2.45) is 0 Å². The molecule has 0 aromatic carbocycles. The van der Waals surface area contributed by atoms with E-state index in [1.54, 1.807) is 0 Å². The third-order valence-corrected chi connectivity index (χ3v) is 2.99. The number of aromatic amines is 1. The minimum atomic E-state index is -1.00. The first kappa shape index (κ1) is 15.6. The Morgan fingerprint density at radius 2 is 2.32 bits per heavy atom. The van der Waals surface area contributed by atoms with E-state index in [9.17, 15) is 14.7 Å². The molecule has 0 saturated heterocycles. The molecule has 1 heterocycles. The molecule has 0 spiro atoms. The van der Waals surface area contributed by atoms with Gasteiger partial charge in [0.1, 0.15) is 0 Å². The van der Waals surface area contributed by atoms with Crippen LogP contribution in [-0.2, 0) is 11.3 Å². The van der Waals surface area contributed by atoms with Crippen LogP contribution in [0.15, 0.2) is 21.9 Å². The first-order valence-corrected chi connectivity index (χ1v) is 6.80. The Balaban J connectivity index is 2.87. The summed E-state index contributed by atoms with van der Waals surface area (Å²) in [5.41, 5.74) is -1.93. The van der Waals surface area contributed by atoms with Gasteiger partial charge in [0.2, 0.25) is 0 Å². The number of hydrogen-bond donors (Lipinski definition) is 2. The molecule has 0 aliphatic rings. The Bertz CT molecular complexity index is 578. The van der Waals surface area contributed by atoms with Gasteiger partial charge in [-0.1, -0.05) is 17.7 Å². The van der Waals surface area contributed by atoms with E-state index in [4.69, 9.17) is 4.74 Å². The Hall–Kier alpha value is -1.49. The van der Waals surface area contributed by atoms with Crippen molar-refractivity contribution in [1.82, 2.24) is 9.55 Å². The van der Waals surface area contributed by atoms with E-state index in [1.165, 1.54) is 35.7 Å². The van der Waals surface area contributed by atoms with Crippen molar-refractivity contribution < 1.29 is 9.84 Å². The fourth-order valence-electron chi connectivity index (χ4n) is 1.46. The summed E-state index contributed by atoms with van der Waals surface area (Å²) in [6, 6.07) is 1.27. The van der Waals surface area contributed by atoms with Crippen molar-refractivity contribution in [3.63, 3.8) is 0 Å². The molecule has 0 fully saturated rings. The lowest BCUT2D eigenvalue weighted by molar-refractivity contribution is -0.0151. The molecule has 6 nitrogen and oxygen atoms in total. The van der Waals surface area contributed by atoms with Crippen LogP contribution >= 0.6 is 11.8 Å². The van der Waals surface area contributed by atoms with E-state index in [0.29, 0.717) is 6.42 Å². The third-order valence-electron chi connectivity index (χ3n) is 2.68. The molecular weight excluding hydrogens is 268 g/mol. The molecule has 1 atom stereocenters. The van der Waals surface area contributed by atoms with Gasteiger partial charge in [0, 0.05) is 32.3 Å². The number of thioether (sulfide) groups is 1. The van der Waals surface area contributed by atoms with Crippen LogP contribution < -0.4 is 11.2 Å². The van der Waals surface area contributed by atoms with Gasteiger partial charge in [0.25, 0.3) is 5.56 Å². The number of ether oxygens (including phenoxy) is 1. The molecule has 0 radical (unpaired) electrons. The summed E-state index contributed by atoms with van der Waals surface area (Å²) in [6.45, 7) is 0.0161. The zero-order valence-electron chi connectivity index (χ0n) is 10.8. The fourth-order valence-corrected chi connectivity index (χ4v) is 1.75. The van der Waals surface area contributed by atoms with E-state index >= 15 is 0 Å². The Labute approximate surface area is 114 Å². The quantitative estimate of drug-likeness (QED) is 0.721. The topological polar surface area (TPSA) is 84.3 Å². The molecule has 1 aromatic heterocycles. The molecule has 0 saturated carbocycles. The van der Waals surface area contributed by atoms with Crippen LogP contribution in [0.5, 0.6) is 0 Å². The van der Waals surface area contributed by atoms with Gasteiger partial charge < -0.3 is 14.4 Å². The van der Waals surface area contributed by atoms with E-state index in [-0.39, 0.29) is 13.2 Å². The lowest BCUT2D eigenvalue weighted by Gasteiger charge is -2.24. The largest absolute Gasteiger partial charge is 0.392 e. The molecule has 104 valence electrons. The van der Waals surface area contributed by atoms with Crippen molar-refractivity contribution in [1.29, 1.82) is 0 Å². The van der Waals surface area contributed by atoms with E-state index in [1.807, 2.05) is 6.26 Å². The summed E-state index contributed by atoms with van der Waals surface area (Å²) >= 11 is 1.32. The van der Waals surface area contributed by atoms with E-state index in [2.05, 4.69) is 16.2 Å². The van der Waals surface area contributed by atoms with Crippen LogP contribution in [0.1, 0.15) is 6.42 Å². The second-order valence-corrected chi connectivity index (χ2v) is 4.45. The Morgan fingerprint density at radius 1 is 1.58 bits per heavy atom. The van der Waals surface area contributed by atoms with E-state index in [0.717, 1.165) is 0 Å². The van der Waals surface area contributed by atoms with Crippen molar-refractivity contribution in [3.05, 3.63) is 33.1 Å². The minimum Gasteiger partial charge on any atom is -0.392 e. The molecule has 0 amide bonds. The highest BCUT2D eigenvalue weighted by Crippen LogP contribution is 2.15. The lowest BCUT2D eigenvalue weighted by atomic mass is 10.0. The van der Waals surface area contributed by atoms with Gasteiger partial charge in [-0.15, -0.1) is 0 Å². The monoisotopic (exact) mass is 284 g/mol. The summed E-state index contributed by atoms with van der Waals surface area (Å²) in [5, 5.41) is 12.2. The molecule has 0 aliphatic heterocycles. The summed E-state index contributed by atoms with van der Waals surface area (Å²) in [7, 11) is 1.46. The number of rotatable bonds is 5. The average Bonchev–Trinajstić information content (AvgIpc) is 2.41. The SMILES string of the molecule is COC(C#CSC)(CO)CCn1ccc(=O)[nH]c1=O. The normalized spacial score (nSPS) is 13.4. The first-order valence-electron chi connectivity index (χ1n) is 5.58. The highest BCUT2D eigenvalue weighted by Gasteiger charge is 2.26. The summed E-state index contributed by atoms with van der Waals surface area (Å²) in [4.78, 5) is 24.6. The molecule has 19 heavy (non-hydrogen) atoms. The highest BCUT2D eigenvalue weighted by atomic mass is 32.2. The second-order valence-electron chi connectivity index (χ2n) is 3.84. The van der Waals surface area contributed by atoms with Crippen LogP contribution in [0.25, 0.3) is 0 Å². The van der Waals surface area contributed by atoms with E-state index < -0.39 is 16.9 Å². The molecular formula is C12H16N2O4S. The number of nitrogens with one attached hydrogen (secondary N) is 1. The predicted molar refractivity (Wildman–Crippen MR) is 74.1 cm³/mol. The highest BCUT2D eigenvalue weighted by molar-refractivity contribution is 8.03. The van der Waals surface area contributed by atoms with Crippen molar-refractivity contribution in [2.45, 2.75) is 18.6 Å². The van der Waals surface area contributed by atoms with Crippen LogP contribution in [0, 0.1) is 11.2 Å². The maximum Gasteiger partial charge on any atom is 0.328 e. The maximum absolute atomic E-state index is 11.5. The number of aliphatic hydroxyl groups excluding tert-OH is 1. The average molecular weight is 284 g/mol. The molecule has 7 heteroatoms. The zero-order chi connectivity index (χ0) is 14.3. The predicted octanol–water partition coefficient (Wildman–Crippen LogP) is -0.372. The van der Waals surface area contributed by atoms with Crippen molar-refractivity contribution in [3.8, 4) is 11.2 Å². The van der Waals surface area contributed by atoms with Gasteiger partial charge in [0.15, 0.2) is 5.60 Å². The van der Waals surface area contributed by atoms with Crippen molar-refractivity contribution in [2.75, 3.05) is 20.0 Å². The number of H-pyrrole nitrogens is 1. The summed E-state index contributed by atoms with van der Waals surface area (Å²) < 4.78 is 6.59. The molecule has 0 bridgehead atoms. The smallest absolute Gasteiger partial charge is 0.328 e. The van der Waals surface area contributed by atoms with Gasteiger partial charge in [0.05, 0.1) is 6.61 Å².